The Bertz CT molecular complexity index is 825. The Labute approximate surface area is 135 Å². The van der Waals surface area contributed by atoms with Crippen molar-refractivity contribution in [3.8, 4) is 11.4 Å². The minimum Gasteiger partial charge on any atom is -0.362 e. The third-order valence-corrected chi connectivity index (χ3v) is 4.28. The number of hydrogen-bond acceptors (Lipinski definition) is 4. The summed E-state index contributed by atoms with van der Waals surface area (Å²) in [5.41, 5.74) is 4.88. The molecule has 0 radical (unpaired) electrons. The number of anilines is 1. The van der Waals surface area contributed by atoms with Gasteiger partial charge in [0.15, 0.2) is 0 Å². The SMILES string of the molecule is Cc1cccc(-c2noc(CN3CCCc4ccccc43)n2)c1. The van der Waals surface area contributed by atoms with Crippen molar-refractivity contribution in [2.24, 2.45) is 0 Å². The van der Waals surface area contributed by atoms with Crippen LogP contribution in [0, 0.1) is 6.92 Å². The fourth-order valence-electron chi connectivity index (χ4n) is 3.16. The van der Waals surface area contributed by atoms with Crippen LogP contribution in [-0.4, -0.2) is 16.7 Å². The molecule has 0 atom stereocenters. The first-order valence-corrected chi connectivity index (χ1v) is 8.02. The maximum atomic E-state index is 5.47. The van der Waals surface area contributed by atoms with E-state index in [9.17, 15) is 0 Å². The van der Waals surface area contributed by atoms with E-state index in [4.69, 9.17) is 4.52 Å². The average Bonchev–Trinajstić information content (AvgIpc) is 3.04. The highest BCUT2D eigenvalue weighted by molar-refractivity contribution is 5.56. The molecule has 2 aromatic carbocycles. The number of fused-ring (bicyclic) bond motifs is 1. The van der Waals surface area contributed by atoms with Crippen molar-refractivity contribution in [3.05, 3.63) is 65.5 Å². The Hall–Kier alpha value is -2.62. The van der Waals surface area contributed by atoms with Crippen LogP contribution < -0.4 is 4.90 Å². The van der Waals surface area contributed by atoms with E-state index in [2.05, 4.69) is 58.4 Å². The van der Waals surface area contributed by atoms with Crippen molar-refractivity contribution >= 4 is 5.69 Å². The molecule has 1 aliphatic rings. The van der Waals surface area contributed by atoms with E-state index in [-0.39, 0.29) is 0 Å². The second-order valence-electron chi connectivity index (χ2n) is 6.04. The molecule has 1 aromatic heterocycles. The van der Waals surface area contributed by atoms with E-state index < -0.39 is 0 Å². The summed E-state index contributed by atoms with van der Waals surface area (Å²) >= 11 is 0. The number of hydrogen-bond donors (Lipinski definition) is 0. The fourth-order valence-corrected chi connectivity index (χ4v) is 3.16. The molecule has 0 fully saturated rings. The molecule has 4 nitrogen and oxygen atoms in total. The molecule has 116 valence electrons. The Morgan fingerprint density at radius 1 is 1.13 bits per heavy atom. The lowest BCUT2D eigenvalue weighted by Gasteiger charge is -2.29. The zero-order valence-corrected chi connectivity index (χ0v) is 13.2. The Balaban J connectivity index is 1.57. The molecule has 0 saturated heterocycles. The zero-order chi connectivity index (χ0) is 15.6. The van der Waals surface area contributed by atoms with E-state index in [0.29, 0.717) is 18.3 Å². The predicted octanol–water partition coefficient (Wildman–Crippen LogP) is 4.00. The van der Waals surface area contributed by atoms with E-state index in [1.54, 1.807) is 0 Å². The van der Waals surface area contributed by atoms with Crippen LogP contribution in [0.4, 0.5) is 5.69 Å². The van der Waals surface area contributed by atoms with E-state index >= 15 is 0 Å². The highest BCUT2D eigenvalue weighted by atomic mass is 16.5. The topological polar surface area (TPSA) is 42.2 Å². The lowest BCUT2D eigenvalue weighted by Crippen LogP contribution is -2.28. The van der Waals surface area contributed by atoms with Gasteiger partial charge in [-0.15, -0.1) is 0 Å². The molecule has 0 saturated carbocycles. The molecule has 4 rings (SSSR count). The molecule has 0 aliphatic carbocycles. The van der Waals surface area contributed by atoms with Gasteiger partial charge in [-0.25, -0.2) is 0 Å². The number of rotatable bonds is 3. The van der Waals surface area contributed by atoms with Gasteiger partial charge >= 0.3 is 0 Å². The normalized spacial score (nSPS) is 13.9. The number of nitrogens with zero attached hydrogens (tertiary/aromatic N) is 3. The molecule has 0 unspecified atom stereocenters. The van der Waals surface area contributed by atoms with Crippen LogP contribution in [0.25, 0.3) is 11.4 Å². The van der Waals surface area contributed by atoms with Gasteiger partial charge in [0.2, 0.25) is 11.7 Å². The molecule has 0 bridgehead atoms. The minimum absolute atomic E-state index is 0.661. The van der Waals surface area contributed by atoms with Crippen molar-refractivity contribution in [1.29, 1.82) is 0 Å². The first-order chi connectivity index (χ1) is 11.3. The summed E-state index contributed by atoms with van der Waals surface area (Å²) in [7, 11) is 0. The molecule has 2 heterocycles. The van der Waals surface area contributed by atoms with Crippen LogP contribution in [0.5, 0.6) is 0 Å². The second kappa shape index (κ2) is 5.88. The number of benzene rings is 2. The van der Waals surface area contributed by atoms with Crippen molar-refractivity contribution in [3.63, 3.8) is 0 Å². The van der Waals surface area contributed by atoms with Gasteiger partial charge in [-0.2, -0.15) is 4.98 Å². The standard InChI is InChI=1S/C19H19N3O/c1-14-6-4-8-16(12-14)19-20-18(23-21-19)13-22-11-5-9-15-7-2-3-10-17(15)22/h2-4,6-8,10,12H,5,9,11,13H2,1H3. The smallest absolute Gasteiger partial charge is 0.246 e. The molecule has 0 spiro atoms. The minimum atomic E-state index is 0.661. The van der Waals surface area contributed by atoms with Gasteiger partial charge in [0.05, 0.1) is 6.54 Å². The fraction of sp³-hybridized carbons (Fsp3) is 0.263. The largest absolute Gasteiger partial charge is 0.362 e. The molecular weight excluding hydrogens is 286 g/mol. The van der Waals surface area contributed by atoms with Gasteiger partial charge in [0.1, 0.15) is 0 Å². The monoisotopic (exact) mass is 305 g/mol. The molecule has 23 heavy (non-hydrogen) atoms. The molecule has 0 amide bonds. The third kappa shape index (κ3) is 2.84. The van der Waals surface area contributed by atoms with Crippen LogP contribution >= 0.6 is 0 Å². The number of aromatic nitrogens is 2. The molecule has 1 aliphatic heterocycles. The van der Waals surface area contributed by atoms with Gasteiger partial charge in [0.25, 0.3) is 0 Å². The highest BCUT2D eigenvalue weighted by Crippen LogP contribution is 2.28. The zero-order valence-electron chi connectivity index (χ0n) is 13.2. The summed E-state index contributed by atoms with van der Waals surface area (Å²) in [6.07, 6.45) is 2.31. The second-order valence-corrected chi connectivity index (χ2v) is 6.04. The van der Waals surface area contributed by atoms with Gasteiger partial charge in [-0.3, -0.25) is 0 Å². The average molecular weight is 305 g/mol. The first-order valence-electron chi connectivity index (χ1n) is 8.02. The van der Waals surface area contributed by atoms with Crippen molar-refractivity contribution < 1.29 is 4.52 Å². The number of para-hydroxylation sites is 1. The van der Waals surface area contributed by atoms with Gasteiger partial charge < -0.3 is 9.42 Å². The van der Waals surface area contributed by atoms with Gasteiger partial charge in [0, 0.05) is 17.8 Å². The van der Waals surface area contributed by atoms with Crippen molar-refractivity contribution in [2.75, 3.05) is 11.4 Å². The Kier molecular flexibility index (Phi) is 3.58. The van der Waals surface area contributed by atoms with E-state index in [0.717, 1.165) is 24.9 Å². The summed E-state index contributed by atoms with van der Waals surface area (Å²) in [6.45, 7) is 3.75. The molecule has 0 N–H and O–H groups in total. The Morgan fingerprint density at radius 2 is 2.04 bits per heavy atom. The van der Waals surface area contributed by atoms with Gasteiger partial charge in [-0.1, -0.05) is 47.1 Å². The van der Waals surface area contributed by atoms with Crippen LogP contribution in [-0.2, 0) is 13.0 Å². The maximum absolute atomic E-state index is 5.47. The number of aryl methyl sites for hydroxylation is 2. The summed E-state index contributed by atoms with van der Waals surface area (Å²) < 4.78 is 5.47. The maximum Gasteiger partial charge on any atom is 0.246 e. The lowest BCUT2D eigenvalue weighted by molar-refractivity contribution is 0.375. The predicted molar refractivity (Wildman–Crippen MR) is 90.3 cm³/mol. The van der Waals surface area contributed by atoms with Gasteiger partial charge in [-0.05, 0) is 37.5 Å². The van der Waals surface area contributed by atoms with Crippen LogP contribution in [0.15, 0.2) is 53.1 Å². The van der Waals surface area contributed by atoms with E-state index in [1.807, 2.05) is 12.1 Å². The quantitative estimate of drug-likeness (QED) is 0.733. The first kappa shape index (κ1) is 14.0. The molecular formula is C19H19N3O. The van der Waals surface area contributed by atoms with Crippen LogP contribution in [0.1, 0.15) is 23.4 Å². The summed E-state index contributed by atoms with van der Waals surface area (Å²) in [6, 6.07) is 16.7. The van der Waals surface area contributed by atoms with Crippen molar-refractivity contribution in [1.82, 2.24) is 10.1 Å². The molecule has 4 heteroatoms. The highest BCUT2D eigenvalue weighted by Gasteiger charge is 2.19. The Morgan fingerprint density at radius 3 is 2.96 bits per heavy atom. The van der Waals surface area contributed by atoms with Crippen LogP contribution in [0.2, 0.25) is 0 Å². The van der Waals surface area contributed by atoms with E-state index in [1.165, 1.54) is 16.8 Å². The van der Waals surface area contributed by atoms with Crippen molar-refractivity contribution in [2.45, 2.75) is 26.3 Å². The lowest BCUT2D eigenvalue weighted by atomic mass is 10.0. The summed E-state index contributed by atoms with van der Waals surface area (Å²) in [5, 5.41) is 4.14. The van der Waals surface area contributed by atoms with Crippen LogP contribution in [0.3, 0.4) is 0 Å². The summed E-state index contributed by atoms with van der Waals surface area (Å²) in [4.78, 5) is 6.89. The molecule has 3 aromatic rings. The summed E-state index contributed by atoms with van der Waals surface area (Å²) in [5.74, 6) is 1.33. The third-order valence-electron chi connectivity index (χ3n) is 4.28.